The molecule has 4 atom stereocenters. The molecule has 0 aromatic carbocycles. The Kier molecular flexibility index (Phi) is 4.74. The third-order valence-electron chi connectivity index (χ3n) is 7.08. The average Bonchev–Trinajstić information content (AvgIpc) is 2.63. The Morgan fingerprint density at radius 3 is 1.50 bits per heavy atom. The van der Waals surface area contributed by atoms with Crippen molar-refractivity contribution in [3.8, 4) is 0 Å². The third-order valence-corrected chi connectivity index (χ3v) is 7.08. The molecule has 6 saturated heterocycles. The van der Waals surface area contributed by atoms with Crippen LogP contribution in [0.1, 0.15) is 52.4 Å². The summed E-state index contributed by atoms with van der Waals surface area (Å²) in [5.41, 5.74) is 0. The molecule has 6 aliphatic rings. The van der Waals surface area contributed by atoms with E-state index < -0.39 is 6.16 Å². The number of carbonyl (C=O) groups is 1. The summed E-state index contributed by atoms with van der Waals surface area (Å²) in [6, 6.07) is 0.775. The van der Waals surface area contributed by atoms with Crippen LogP contribution in [-0.2, 0) is 9.47 Å². The molecular formula is C19H32N2O3. The molecule has 0 spiro atoms. The van der Waals surface area contributed by atoms with Crippen LogP contribution in [-0.4, -0.2) is 66.4 Å². The summed E-state index contributed by atoms with van der Waals surface area (Å²) in [6.07, 6.45) is 6.38. The molecule has 6 fully saturated rings. The van der Waals surface area contributed by atoms with E-state index in [4.69, 9.17) is 9.47 Å². The topological polar surface area (TPSA) is 42.0 Å². The Morgan fingerprint density at radius 2 is 1.17 bits per heavy atom. The Morgan fingerprint density at radius 1 is 0.792 bits per heavy atom. The van der Waals surface area contributed by atoms with E-state index in [1.807, 2.05) is 0 Å². The third kappa shape index (κ3) is 2.84. The second kappa shape index (κ2) is 6.83. The van der Waals surface area contributed by atoms with Gasteiger partial charge in [0.2, 0.25) is 0 Å². The fourth-order valence-electron chi connectivity index (χ4n) is 5.78. The maximum Gasteiger partial charge on any atom is 0.508 e. The van der Waals surface area contributed by atoms with Crippen LogP contribution in [0.2, 0.25) is 0 Å². The number of ether oxygens (including phenoxy) is 2. The Balaban J connectivity index is 1.39. The molecular weight excluding hydrogens is 304 g/mol. The van der Waals surface area contributed by atoms with E-state index in [1.165, 1.54) is 0 Å². The minimum atomic E-state index is -0.413. The zero-order valence-corrected chi connectivity index (χ0v) is 15.2. The molecule has 4 bridgehead atoms. The first-order valence-corrected chi connectivity index (χ1v) is 10.1. The standard InChI is InChI=1S/C19H32N2O3/c1-3-15-17(13-5-9-20(15)10-6-13)23-19(22)24-18-14-7-11-21(12-8-14)16(18)4-2/h13-18H,3-12H2,1-2H3. The van der Waals surface area contributed by atoms with Crippen molar-refractivity contribution in [2.45, 2.75) is 76.7 Å². The number of hydrogen-bond acceptors (Lipinski definition) is 5. The minimum Gasteiger partial charge on any atom is -0.429 e. The molecule has 6 heterocycles. The summed E-state index contributed by atoms with van der Waals surface area (Å²) in [5, 5.41) is 0. The number of fused-ring (bicyclic) bond motifs is 6. The van der Waals surface area contributed by atoms with Gasteiger partial charge < -0.3 is 9.47 Å². The minimum absolute atomic E-state index is 0.0335. The van der Waals surface area contributed by atoms with Gasteiger partial charge in [0.15, 0.2) is 0 Å². The van der Waals surface area contributed by atoms with Gasteiger partial charge in [0.05, 0.1) is 0 Å². The molecule has 0 aliphatic carbocycles. The number of rotatable bonds is 4. The van der Waals surface area contributed by atoms with Gasteiger partial charge in [0.1, 0.15) is 12.2 Å². The van der Waals surface area contributed by atoms with E-state index in [0.29, 0.717) is 23.9 Å². The van der Waals surface area contributed by atoms with E-state index in [1.54, 1.807) is 0 Å². The van der Waals surface area contributed by atoms with Crippen molar-refractivity contribution >= 4 is 6.16 Å². The van der Waals surface area contributed by atoms with Gasteiger partial charge in [-0.2, -0.15) is 0 Å². The number of piperidine rings is 6. The molecule has 0 aromatic rings. The predicted octanol–water partition coefficient (Wildman–Crippen LogP) is 2.89. The molecule has 0 saturated carbocycles. The van der Waals surface area contributed by atoms with Crippen LogP contribution in [0.25, 0.3) is 0 Å². The second-order valence-corrected chi connectivity index (χ2v) is 8.11. The van der Waals surface area contributed by atoms with Gasteiger partial charge in [-0.05, 0) is 64.7 Å². The van der Waals surface area contributed by atoms with Crippen LogP contribution in [0.5, 0.6) is 0 Å². The lowest BCUT2D eigenvalue weighted by Gasteiger charge is -2.51. The lowest BCUT2D eigenvalue weighted by molar-refractivity contribution is -0.130. The van der Waals surface area contributed by atoms with Gasteiger partial charge in [-0.15, -0.1) is 0 Å². The largest absolute Gasteiger partial charge is 0.508 e. The first-order valence-electron chi connectivity index (χ1n) is 10.1. The van der Waals surface area contributed by atoms with Gasteiger partial charge in [0.25, 0.3) is 0 Å². The average molecular weight is 336 g/mol. The zero-order valence-electron chi connectivity index (χ0n) is 15.2. The monoisotopic (exact) mass is 336 g/mol. The van der Waals surface area contributed by atoms with Crippen molar-refractivity contribution < 1.29 is 14.3 Å². The second-order valence-electron chi connectivity index (χ2n) is 8.11. The van der Waals surface area contributed by atoms with Crippen molar-refractivity contribution in [2.75, 3.05) is 26.2 Å². The molecule has 0 N–H and O–H groups in total. The van der Waals surface area contributed by atoms with E-state index in [-0.39, 0.29) is 12.2 Å². The molecule has 5 nitrogen and oxygen atoms in total. The number of carbonyl (C=O) groups excluding carboxylic acids is 1. The maximum absolute atomic E-state index is 12.6. The van der Waals surface area contributed by atoms with Crippen LogP contribution >= 0.6 is 0 Å². The van der Waals surface area contributed by atoms with Crippen LogP contribution in [0.3, 0.4) is 0 Å². The summed E-state index contributed by atoms with van der Waals surface area (Å²) >= 11 is 0. The first-order chi connectivity index (χ1) is 11.7. The highest BCUT2D eigenvalue weighted by molar-refractivity contribution is 5.60. The highest BCUT2D eigenvalue weighted by Crippen LogP contribution is 2.38. The number of nitrogens with zero attached hydrogens (tertiary/aromatic N) is 2. The molecule has 4 unspecified atom stereocenters. The van der Waals surface area contributed by atoms with Crippen LogP contribution in [0.4, 0.5) is 4.79 Å². The van der Waals surface area contributed by atoms with Crippen molar-refractivity contribution in [2.24, 2.45) is 11.8 Å². The molecule has 0 radical (unpaired) electrons. The molecule has 0 amide bonds. The van der Waals surface area contributed by atoms with E-state index >= 15 is 0 Å². The van der Waals surface area contributed by atoms with Crippen LogP contribution in [0.15, 0.2) is 0 Å². The maximum atomic E-state index is 12.6. The summed E-state index contributed by atoms with van der Waals surface area (Å²) < 4.78 is 11.8. The Bertz CT molecular complexity index is 416. The zero-order chi connectivity index (χ0) is 16.7. The van der Waals surface area contributed by atoms with Crippen molar-refractivity contribution in [3.63, 3.8) is 0 Å². The molecule has 136 valence electrons. The molecule has 6 aliphatic heterocycles. The molecule has 6 rings (SSSR count). The summed E-state index contributed by atoms with van der Waals surface area (Å²) in [7, 11) is 0. The highest BCUT2D eigenvalue weighted by atomic mass is 16.7. The lowest BCUT2D eigenvalue weighted by Crippen LogP contribution is -2.60. The van der Waals surface area contributed by atoms with Gasteiger partial charge in [-0.3, -0.25) is 9.80 Å². The predicted molar refractivity (Wildman–Crippen MR) is 91.9 cm³/mol. The smallest absolute Gasteiger partial charge is 0.429 e. The van der Waals surface area contributed by atoms with Gasteiger partial charge in [-0.25, -0.2) is 4.79 Å². The summed E-state index contributed by atoms with van der Waals surface area (Å²) in [6.45, 7) is 9.05. The highest BCUT2D eigenvalue weighted by Gasteiger charge is 2.46. The Hall–Kier alpha value is -0.810. The van der Waals surface area contributed by atoms with Crippen LogP contribution < -0.4 is 0 Å². The molecule has 5 heteroatoms. The number of hydrogen-bond donors (Lipinski definition) is 0. The summed E-state index contributed by atoms with van der Waals surface area (Å²) in [4.78, 5) is 17.6. The van der Waals surface area contributed by atoms with Crippen molar-refractivity contribution in [1.82, 2.24) is 9.80 Å². The molecule has 0 aromatic heterocycles. The van der Waals surface area contributed by atoms with Crippen molar-refractivity contribution in [3.05, 3.63) is 0 Å². The van der Waals surface area contributed by atoms with Gasteiger partial charge in [-0.1, -0.05) is 13.8 Å². The van der Waals surface area contributed by atoms with E-state index in [2.05, 4.69) is 23.6 Å². The Labute approximate surface area is 145 Å². The fourth-order valence-corrected chi connectivity index (χ4v) is 5.78. The van der Waals surface area contributed by atoms with Gasteiger partial charge >= 0.3 is 6.16 Å². The van der Waals surface area contributed by atoms with E-state index in [9.17, 15) is 4.79 Å². The van der Waals surface area contributed by atoms with Gasteiger partial charge in [0, 0.05) is 23.9 Å². The summed E-state index contributed by atoms with van der Waals surface area (Å²) in [5.74, 6) is 1.06. The fraction of sp³-hybridized carbons (Fsp3) is 0.947. The quantitative estimate of drug-likeness (QED) is 0.739. The SMILES string of the molecule is CCC1C(OC(=O)OC2C3CCN(CC3)C2CC)C2CCN1CC2. The molecule has 24 heavy (non-hydrogen) atoms. The van der Waals surface area contributed by atoms with E-state index in [0.717, 1.165) is 64.7 Å². The van der Waals surface area contributed by atoms with Crippen molar-refractivity contribution in [1.29, 1.82) is 0 Å². The lowest BCUT2D eigenvalue weighted by atomic mass is 9.79. The first kappa shape index (κ1) is 16.6. The normalized spacial score (nSPS) is 46.8. The van der Waals surface area contributed by atoms with Crippen LogP contribution in [0, 0.1) is 11.8 Å².